The molecule has 0 aromatic heterocycles. The van der Waals surface area contributed by atoms with Gasteiger partial charge in [0.2, 0.25) is 0 Å². The molecule has 3 aliphatic rings. The average molecular weight is 335 g/mol. The van der Waals surface area contributed by atoms with Gasteiger partial charge in [-0.3, -0.25) is 4.79 Å². The molecular formula is C22H38O2. The van der Waals surface area contributed by atoms with E-state index < -0.39 is 0 Å². The molecule has 0 N–H and O–H groups in total. The van der Waals surface area contributed by atoms with Gasteiger partial charge in [-0.2, -0.15) is 0 Å². The lowest BCUT2D eigenvalue weighted by Crippen LogP contribution is -2.66. The zero-order chi connectivity index (χ0) is 17.6. The van der Waals surface area contributed by atoms with Crippen LogP contribution in [0.5, 0.6) is 0 Å². The topological polar surface area (TPSA) is 26.3 Å². The first-order valence-electron chi connectivity index (χ1n) is 10.5. The van der Waals surface area contributed by atoms with Gasteiger partial charge in [-0.25, -0.2) is 0 Å². The fourth-order valence-corrected chi connectivity index (χ4v) is 6.89. The van der Waals surface area contributed by atoms with Gasteiger partial charge < -0.3 is 4.74 Å². The van der Waals surface area contributed by atoms with Crippen molar-refractivity contribution in [2.45, 2.75) is 98.5 Å². The van der Waals surface area contributed by atoms with Crippen LogP contribution in [0.25, 0.3) is 0 Å². The predicted molar refractivity (Wildman–Crippen MR) is 98.9 cm³/mol. The van der Waals surface area contributed by atoms with Crippen LogP contribution in [0.15, 0.2) is 0 Å². The number of rotatable bonds is 8. The Bertz CT molecular complexity index is 482. The molecule has 3 fully saturated rings. The van der Waals surface area contributed by atoms with E-state index in [1.165, 1.54) is 44.9 Å². The summed E-state index contributed by atoms with van der Waals surface area (Å²) in [6.07, 6.45) is 11.4. The highest BCUT2D eigenvalue weighted by Gasteiger charge is 2.80. The number of Topliss-reactive ketones (excluding diaryl/α,β-unsaturated/α-hetero) is 1. The van der Waals surface area contributed by atoms with Crippen molar-refractivity contribution in [3.05, 3.63) is 0 Å². The molecule has 1 spiro atoms. The van der Waals surface area contributed by atoms with Crippen molar-refractivity contribution in [2.24, 2.45) is 28.1 Å². The highest BCUT2D eigenvalue weighted by molar-refractivity contribution is 5.95. The number of ketones is 1. The highest BCUT2D eigenvalue weighted by atomic mass is 16.5. The van der Waals surface area contributed by atoms with Gasteiger partial charge in [-0.15, -0.1) is 0 Å². The molecule has 24 heavy (non-hydrogen) atoms. The largest absolute Gasteiger partial charge is 0.377 e. The Labute approximate surface area is 149 Å². The Kier molecular flexibility index (Phi) is 4.92. The molecule has 138 valence electrons. The van der Waals surface area contributed by atoms with Gasteiger partial charge in [0, 0.05) is 12.0 Å². The molecule has 2 nitrogen and oxygen atoms in total. The smallest absolute Gasteiger partial charge is 0.148 e. The molecule has 3 rings (SSSR count). The summed E-state index contributed by atoms with van der Waals surface area (Å²) in [4.78, 5) is 13.4. The Morgan fingerprint density at radius 3 is 2.46 bits per heavy atom. The van der Waals surface area contributed by atoms with E-state index in [0.29, 0.717) is 17.6 Å². The summed E-state index contributed by atoms with van der Waals surface area (Å²) in [6.45, 7) is 12.1. The minimum absolute atomic E-state index is 0.155. The molecular weight excluding hydrogens is 296 g/mol. The van der Waals surface area contributed by atoms with Gasteiger partial charge >= 0.3 is 0 Å². The van der Waals surface area contributed by atoms with Crippen molar-refractivity contribution in [1.29, 1.82) is 0 Å². The van der Waals surface area contributed by atoms with Gasteiger partial charge in [-0.1, -0.05) is 66.7 Å². The highest BCUT2D eigenvalue weighted by Crippen LogP contribution is 2.77. The average Bonchev–Trinajstić information content (AvgIpc) is 2.86. The Hall–Kier alpha value is -0.370. The predicted octanol–water partition coefficient (Wildman–Crippen LogP) is 5.78. The molecule has 3 aliphatic carbocycles. The summed E-state index contributed by atoms with van der Waals surface area (Å²) in [5.41, 5.74) is -0.135. The molecule has 0 aromatic carbocycles. The van der Waals surface area contributed by atoms with Crippen LogP contribution in [0, 0.1) is 28.1 Å². The van der Waals surface area contributed by atoms with Crippen LogP contribution in [-0.4, -0.2) is 18.5 Å². The third-order valence-corrected chi connectivity index (χ3v) is 7.77. The molecule has 0 saturated heterocycles. The summed E-state index contributed by atoms with van der Waals surface area (Å²) in [7, 11) is 0. The Morgan fingerprint density at radius 1 is 1.08 bits per heavy atom. The number of hydrogen-bond donors (Lipinski definition) is 0. The lowest BCUT2D eigenvalue weighted by Gasteiger charge is -2.59. The third kappa shape index (κ3) is 2.42. The van der Waals surface area contributed by atoms with E-state index in [1.807, 2.05) is 0 Å². The van der Waals surface area contributed by atoms with Crippen molar-refractivity contribution in [3.8, 4) is 0 Å². The first kappa shape index (κ1) is 18.4. The summed E-state index contributed by atoms with van der Waals surface area (Å²) >= 11 is 0. The van der Waals surface area contributed by atoms with Gasteiger partial charge in [0.15, 0.2) is 0 Å². The molecule has 3 saturated carbocycles. The molecule has 0 amide bonds. The van der Waals surface area contributed by atoms with Crippen LogP contribution in [-0.2, 0) is 9.53 Å². The monoisotopic (exact) mass is 334 g/mol. The SMILES string of the molecule is CCCCCCCCOC1C(C)[C@@H]2CC[C@@]3(C)CC(C)(C)C(=O)[C@@]123. The number of carbonyl (C=O) groups is 1. The zero-order valence-corrected chi connectivity index (χ0v) is 16.6. The Balaban J connectivity index is 1.61. The second kappa shape index (κ2) is 6.41. The molecule has 2 unspecified atom stereocenters. The van der Waals surface area contributed by atoms with E-state index in [2.05, 4.69) is 34.6 Å². The number of carbonyl (C=O) groups excluding carboxylic acids is 1. The van der Waals surface area contributed by atoms with E-state index >= 15 is 0 Å². The molecule has 0 radical (unpaired) electrons. The zero-order valence-electron chi connectivity index (χ0n) is 16.6. The van der Waals surface area contributed by atoms with E-state index in [9.17, 15) is 4.79 Å². The second-order valence-electron chi connectivity index (χ2n) is 9.88. The van der Waals surface area contributed by atoms with Crippen LogP contribution in [0.1, 0.15) is 92.4 Å². The van der Waals surface area contributed by atoms with Gasteiger partial charge in [0.05, 0.1) is 11.5 Å². The third-order valence-electron chi connectivity index (χ3n) is 7.77. The number of hydrogen-bond acceptors (Lipinski definition) is 2. The molecule has 0 heterocycles. The van der Waals surface area contributed by atoms with E-state index in [0.717, 1.165) is 19.4 Å². The molecule has 0 aromatic rings. The maximum Gasteiger partial charge on any atom is 0.148 e. The van der Waals surface area contributed by atoms with Crippen LogP contribution in [0.2, 0.25) is 0 Å². The first-order valence-corrected chi connectivity index (χ1v) is 10.5. The number of unbranched alkanes of at least 4 members (excludes halogenated alkanes) is 5. The molecule has 2 heteroatoms. The molecule has 5 atom stereocenters. The van der Waals surface area contributed by atoms with Gasteiger partial charge in [0.25, 0.3) is 0 Å². The minimum atomic E-state index is -0.157. The van der Waals surface area contributed by atoms with Gasteiger partial charge in [0.1, 0.15) is 5.78 Å². The van der Waals surface area contributed by atoms with Crippen molar-refractivity contribution < 1.29 is 9.53 Å². The standard InChI is InChI=1S/C22H38O2/c1-6-7-8-9-10-11-14-24-18-16(2)17-12-13-21(5)15-20(3,4)19(23)22(17,18)21/h16-18H,6-15H2,1-5H3/t16?,17-,18?,21-,22-/m0/s1. The summed E-state index contributed by atoms with van der Waals surface area (Å²) in [5, 5.41) is 0. The van der Waals surface area contributed by atoms with Crippen molar-refractivity contribution >= 4 is 5.78 Å². The lowest BCUT2D eigenvalue weighted by atomic mass is 9.47. The second-order valence-corrected chi connectivity index (χ2v) is 9.88. The number of ether oxygens (including phenoxy) is 1. The van der Waals surface area contributed by atoms with E-state index in [-0.39, 0.29) is 22.3 Å². The van der Waals surface area contributed by atoms with Gasteiger partial charge in [-0.05, 0) is 42.9 Å². The fraction of sp³-hybridized carbons (Fsp3) is 0.955. The van der Waals surface area contributed by atoms with E-state index in [4.69, 9.17) is 4.74 Å². The van der Waals surface area contributed by atoms with E-state index in [1.54, 1.807) is 0 Å². The quantitative estimate of drug-likeness (QED) is 0.526. The molecule has 0 aliphatic heterocycles. The summed E-state index contributed by atoms with van der Waals surface area (Å²) in [5.74, 6) is 1.65. The first-order chi connectivity index (χ1) is 11.3. The van der Waals surface area contributed by atoms with Crippen molar-refractivity contribution in [2.75, 3.05) is 6.61 Å². The maximum atomic E-state index is 13.4. The minimum Gasteiger partial charge on any atom is -0.377 e. The van der Waals surface area contributed by atoms with Crippen LogP contribution < -0.4 is 0 Å². The van der Waals surface area contributed by atoms with Crippen molar-refractivity contribution in [1.82, 2.24) is 0 Å². The van der Waals surface area contributed by atoms with Crippen LogP contribution in [0.4, 0.5) is 0 Å². The normalized spacial score (nSPS) is 42.7. The molecule has 0 bridgehead atoms. The fourth-order valence-electron chi connectivity index (χ4n) is 6.89. The Morgan fingerprint density at radius 2 is 1.75 bits per heavy atom. The van der Waals surface area contributed by atoms with Crippen LogP contribution >= 0.6 is 0 Å². The van der Waals surface area contributed by atoms with Crippen LogP contribution in [0.3, 0.4) is 0 Å². The van der Waals surface area contributed by atoms with Crippen molar-refractivity contribution in [3.63, 3.8) is 0 Å². The summed E-state index contributed by atoms with van der Waals surface area (Å²) < 4.78 is 6.42. The lowest BCUT2D eigenvalue weighted by molar-refractivity contribution is -0.212. The summed E-state index contributed by atoms with van der Waals surface area (Å²) in [6, 6.07) is 0. The maximum absolute atomic E-state index is 13.4.